The molecule has 5 nitrogen and oxygen atoms in total. The number of fused-ring (bicyclic) bond motifs is 1. The zero-order chi connectivity index (χ0) is 16.9. The van der Waals surface area contributed by atoms with E-state index in [2.05, 4.69) is 10.5 Å². The standard InChI is InChI=1S/C18H22N2O3/c1-5-22-16-11-10-13-8-6-7-9-14(13)15(16)12-19-20-17(21)23-18(2,3)4/h6-12H,5H2,1-4H3,(H,20,21)/b19-12+. The molecule has 0 aliphatic rings. The highest BCUT2D eigenvalue weighted by Gasteiger charge is 2.15. The Hall–Kier alpha value is -2.56. The van der Waals surface area contributed by atoms with Crippen molar-refractivity contribution >= 4 is 23.1 Å². The Morgan fingerprint density at radius 2 is 1.96 bits per heavy atom. The molecule has 0 saturated heterocycles. The first-order valence-corrected chi connectivity index (χ1v) is 7.57. The normalized spacial score (nSPS) is 11.7. The summed E-state index contributed by atoms with van der Waals surface area (Å²) < 4.78 is 10.8. The third kappa shape index (κ3) is 4.71. The molecule has 23 heavy (non-hydrogen) atoms. The summed E-state index contributed by atoms with van der Waals surface area (Å²) in [6.07, 6.45) is 0.990. The van der Waals surface area contributed by atoms with Crippen molar-refractivity contribution in [1.82, 2.24) is 5.43 Å². The lowest BCUT2D eigenvalue weighted by Crippen LogP contribution is -2.29. The lowest BCUT2D eigenvalue weighted by atomic mass is 10.0. The summed E-state index contributed by atoms with van der Waals surface area (Å²) >= 11 is 0. The van der Waals surface area contributed by atoms with Gasteiger partial charge in [0.05, 0.1) is 12.8 Å². The Morgan fingerprint density at radius 3 is 2.65 bits per heavy atom. The van der Waals surface area contributed by atoms with E-state index in [-0.39, 0.29) is 0 Å². The van der Waals surface area contributed by atoms with Gasteiger partial charge in [-0.25, -0.2) is 10.2 Å². The van der Waals surface area contributed by atoms with Crippen molar-refractivity contribution in [1.29, 1.82) is 0 Å². The number of hydrazone groups is 1. The molecule has 0 fully saturated rings. The van der Waals surface area contributed by atoms with Crippen LogP contribution in [0.25, 0.3) is 10.8 Å². The quantitative estimate of drug-likeness (QED) is 0.683. The maximum atomic E-state index is 11.6. The van der Waals surface area contributed by atoms with E-state index in [0.29, 0.717) is 6.61 Å². The monoisotopic (exact) mass is 314 g/mol. The fourth-order valence-electron chi connectivity index (χ4n) is 2.14. The van der Waals surface area contributed by atoms with Crippen LogP contribution in [0.1, 0.15) is 33.3 Å². The minimum Gasteiger partial charge on any atom is -0.493 e. The van der Waals surface area contributed by atoms with Gasteiger partial charge in [-0.3, -0.25) is 0 Å². The van der Waals surface area contributed by atoms with Gasteiger partial charge in [0, 0.05) is 5.56 Å². The highest BCUT2D eigenvalue weighted by Crippen LogP contribution is 2.26. The molecule has 0 radical (unpaired) electrons. The molecule has 0 spiro atoms. The lowest BCUT2D eigenvalue weighted by Gasteiger charge is -2.18. The molecule has 0 saturated carbocycles. The van der Waals surface area contributed by atoms with Crippen LogP contribution < -0.4 is 10.2 Å². The minimum atomic E-state index is -0.591. The van der Waals surface area contributed by atoms with Gasteiger partial charge in [0.15, 0.2) is 0 Å². The van der Waals surface area contributed by atoms with Crippen molar-refractivity contribution in [3.63, 3.8) is 0 Å². The molecule has 2 rings (SSSR count). The number of nitrogens with zero attached hydrogens (tertiary/aromatic N) is 1. The SMILES string of the molecule is CCOc1ccc2ccccc2c1/C=N/NC(=O)OC(C)(C)C. The zero-order valence-electron chi connectivity index (χ0n) is 13.9. The van der Waals surface area contributed by atoms with E-state index in [9.17, 15) is 4.79 Å². The van der Waals surface area contributed by atoms with Crippen LogP contribution in [0, 0.1) is 0 Å². The number of rotatable bonds is 4. The van der Waals surface area contributed by atoms with E-state index in [1.165, 1.54) is 0 Å². The fourth-order valence-corrected chi connectivity index (χ4v) is 2.14. The molecule has 0 unspecified atom stereocenters. The maximum Gasteiger partial charge on any atom is 0.428 e. The molecule has 0 aliphatic carbocycles. The molecule has 122 valence electrons. The highest BCUT2D eigenvalue weighted by molar-refractivity contribution is 6.02. The number of benzene rings is 2. The molecular formula is C18H22N2O3. The summed E-state index contributed by atoms with van der Waals surface area (Å²) in [6.45, 7) is 7.88. The van der Waals surface area contributed by atoms with Gasteiger partial charge >= 0.3 is 6.09 Å². The Kier molecular flexibility index (Phi) is 5.21. The van der Waals surface area contributed by atoms with Crippen molar-refractivity contribution < 1.29 is 14.3 Å². The summed E-state index contributed by atoms with van der Waals surface area (Å²) in [6, 6.07) is 11.8. The molecule has 2 aromatic rings. The number of ether oxygens (including phenoxy) is 2. The Morgan fingerprint density at radius 1 is 1.22 bits per heavy atom. The van der Waals surface area contributed by atoms with Crippen LogP contribution in [-0.2, 0) is 4.74 Å². The van der Waals surface area contributed by atoms with Crippen LogP contribution in [0.15, 0.2) is 41.5 Å². The predicted octanol–water partition coefficient (Wildman–Crippen LogP) is 4.10. The van der Waals surface area contributed by atoms with E-state index >= 15 is 0 Å². The summed E-state index contributed by atoms with van der Waals surface area (Å²) in [5.74, 6) is 0.723. The van der Waals surface area contributed by atoms with Gasteiger partial charge in [-0.2, -0.15) is 5.10 Å². The molecule has 0 bridgehead atoms. The van der Waals surface area contributed by atoms with Crippen LogP contribution >= 0.6 is 0 Å². The van der Waals surface area contributed by atoms with Crippen molar-refractivity contribution in [2.24, 2.45) is 5.10 Å². The number of carbonyl (C=O) groups excluding carboxylic acids is 1. The molecule has 5 heteroatoms. The van der Waals surface area contributed by atoms with Crippen molar-refractivity contribution in [3.05, 3.63) is 42.0 Å². The second-order valence-electron chi connectivity index (χ2n) is 6.00. The van der Waals surface area contributed by atoms with Gasteiger partial charge < -0.3 is 9.47 Å². The third-order valence-electron chi connectivity index (χ3n) is 2.98. The third-order valence-corrected chi connectivity index (χ3v) is 2.98. The number of nitrogens with one attached hydrogen (secondary N) is 1. The number of hydrogen-bond donors (Lipinski definition) is 1. The predicted molar refractivity (Wildman–Crippen MR) is 92.1 cm³/mol. The number of hydrogen-bond acceptors (Lipinski definition) is 4. The first-order valence-electron chi connectivity index (χ1n) is 7.57. The van der Waals surface area contributed by atoms with Crippen molar-refractivity contribution in [2.75, 3.05) is 6.61 Å². The Labute approximate surface area is 136 Å². The summed E-state index contributed by atoms with van der Waals surface area (Å²) in [7, 11) is 0. The Bertz CT molecular complexity index is 718. The van der Waals surface area contributed by atoms with Gasteiger partial charge in [0.1, 0.15) is 11.4 Å². The van der Waals surface area contributed by atoms with Gasteiger partial charge in [-0.05, 0) is 44.5 Å². The van der Waals surface area contributed by atoms with Crippen molar-refractivity contribution in [3.8, 4) is 5.75 Å². The molecular weight excluding hydrogens is 292 g/mol. The zero-order valence-corrected chi connectivity index (χ0v) is 13.9. The van der Waals surface area contributed by atoms with Gasteiger partial charge in [-0.1, -0.05) is 30.3 Å². The molecule has 2 aromatic carbocycles. The van der Waals surface area contributed by atoms with Gasteiger partial charge in [0.25, 0.3) is 0 Å². The largest absolute Gasteiger partial charge is 0.493 e. The van der Waals surface area contributed by atoms with Gasteiger partial charge in [0.2, 0.25) is 0 Å². The van der Waals surface area contributed by atoms with E-state index in [1.54, 1.807) is 27.0 Å². The molecule has 0 aliphatic heterocycles. The van der Waals surface area contributed by atoms with E-state index < -0.39 is 11.7 Å². The second-order valence-corrected chi connectivity index (χ2v) is 6.00. The highest BCUT2D eigenvalue weighted by atomic mass is 16.6. The van der Waals surface area contributed by atoms with E-state index in [4.69, 9.17) is 9.47 Å². The van der Waals surface area contributed by atoms with E-state index in [0.717, 1.165) is 22.1 Å². The smallest absolute Gasteiger partial charge is 0.428 e. The molecule has 1 amide bonds. The van der Waals surface area contributed by atoms with Crippen LogP contribution in [0.4, 0.5) is 4.79 Å². The van der Waals surface area contributed by atoms with Crippen LogP contribution in [0.2, 0.25) is 0 Å². The second kappa shape index (κ2) is 7.13. The van der Waals surface area contributed by atoms with Crippen LogP contribution in [-0.4, -0.2) is 24.5 Å². The summed E-state index contributed by atoms with van der Waals surface area (Å²) in [5, 5.41) is 6.08. The number of carbonyl (C=O) groups is 1. The van der Waals surface area contributed by atoms with Crippen LogP contribution in [0.3, 0.4) is 0 Å². The molecule has 1 N–H and O–H groups in total. The van der Waals surface area contributed by atoms with E-state index in [1.807, 2.05) is 43.3 Å². The maximum absolute atomic E-state index is 11.6. The van der Waals surface area contributed by atoms with Crippen LogP contribution in [0.5, 0.6) is 5.75 Å². The summed E-state index contributed by atoms with van der Waals surface area (Å²) in [4.78, 5) is 11.6. The average molecular weight is 314 g/mol. The lowest BCUT2D eigenvalue weighted by molar-refractivity contribution is 0.0529. The first kappa shape index (κ1) is 16.8. The van der Waals surface area contributed by atoms with Crippen molar-refractivity contribution in [2.45, 2.75) is 33.3 Å². The fraction of sp³-hybridized carbons (Fsp3) is 0.333. The molecule has 0 atom stereocenters. The Balaban J connectivity index is 2.25. The summed E-state index contributed by atoms with van der Waals surface area (Å²) in [5.41, 5.74) is 2.63. The molecule has 0 aromatic heterocycles. The first-order chi connectivity index (χ1) is 10.9. The molecule has 0 heterocycles. The topological polar surface area (TPSA) is 59.9 Å². The number of amides is 1. The van der Waals surface area contributed by atoms with Gasteiger partial charge in [-0.15, -0.1) is 0 Å². The minimum absolute atomic E-state index is 0.554. The average Bonchev–Trinajstić information content (AvgIpc) is 2.47.